The van der Waals surface area contributed by atoms with Crippen molar-refractivity contribution in [3.63, 3.8) is 0 Å². The smallest absolute Gasteiger partial charge is 0.261 e. The predicted molar refractivity (Wildman–Crippen MR) is 135 cm³/mol. The number of benzene rings is 3. The number of rotatable bonds is 9. The molecule has 3 aromatic carbocycles. The number of nitrogens with one attached hydrogen (secondary N) is 2. The molecule has 0 spiro atoms. The molecule has 0 unspecified atom stereocenters. The molecule has 9 heteroatoms. The number of hydrogen-bond acceptors (Lipinski definition) is 6. The molecular weight excluding hydrogens is 466 g/mol. The maximum atomic E-state index is 12.8. The molecule has 0 bridgehead atoms. The third-order valence-corrected chi connectivity index (χ3v) is 6.94. The van der Waals surface area contributed by atoms with Crippen LogP contribution in [0, 0.1) is 0 Å². The number of ether oxygens (including phenoxy) is 2. The highest BCUT2D eigenvalue weighted by Gasteiger charge is 2.16. The van der Waals surface area contributed by atoms with Crippen LogP contribution in [0.1, 0.15) is 22.8 Å². The molecule has 0 radical (unpaired) electrons. The zero-order valence-electron chi connectivity index (χ0n) is 19.6. The number of carbonyl (C=O) groups excluding carboxylic acids is 1. The lowest BCUT2D eigenvalue weighted by Crippen LogP contribution is -2.35. The second-order valence-corrected chi connectivity index (χ2v) is 9.81. The third-order valence-electron chi connectivity index (χ3n) is 5.54. The first kappa shape index (κ1) is 24.7. The van der Waals surface area contributed by atoms with E-state index in [9.17, 15) is 13.2 Å². The Balaban J connectivity index is 1.38. The van der Waals surface area contributed by atoms with Gasteiger partial charge >= 0.3 is 0 Å². The van der Waals surface area contributed by atoms with Gasteiger partial charge in [0.05, 0.1) is 24.7 Å². The van der Waals surface area contributed by atoms with E-state index in [-0.39, 0.29) is 10.8 Å². The summed E-state index contributed by atoms with van der Waals surface area (Å²) >= 11 is 0. The topological polar surface area (TPSA) is 97.0 Å². The number of hydrogen-bond donors (Lipinski definition) is 2. The highest BCUT2D eigenvalue weighted by molar-refractivity contribution is 7.92. The number of amides is 1. The second-order valence-electron chi connectivity index (χ2n) is 8.13. The van der Waals surface area contributed by atoms with Crippen LogP contribution < -0.4 is 14.8 Å². The van der Waals surface area contributed by atoms with Crippen LogP contribution in [0.15, 0.2) is 77.7 Å². The zero-order chi connectivity index (χ0) is 24.7. The van der Waals surface area contributed by atoms with Crippen molar-refractivity contribution in [2.24, 2.45) is 0 Å². The van der Waals surface area contributed by atoms with E-state index in [1.807, 2.05) is 31.2 Å². The Morgan fingerprint density at radius 2 is 1.69 bits per heavy atom. The molecule has 0 aromatic heterocycles. The number of carbonyl (C=O) groups is 1. The fourth-order valence-corrected chi connectivity index (χ4v) is 4.78. The van der Waals surface area contributed by atoms with Crippen LogP contribution in [0.25, 0.3) is 0 Å². The van der Waals surface area contributed by atoms with E-state index < -0.39 is 10.0 Å². The average molecular weight is 496 g/mol. The summed E-state index contributed by atoms with van der Waals surface area (Å²) in [5.74, 6) is 0.271. The van der Waals surface area contributed by atoms with Crippen molar-refractivity contribution < 1.29 is 22.7 Å². The lowest BCUT2D eigenvalue weighted by atomic mass is 10.1. The average Bonchev–Trinajstić information content (AvgIpc) is 2.86. The van der Waals surface area contributed by atoms with Gasteiger partial charge < -0.3 is 14.8 Å². The maximum Gasteiger partial charge on any atom is 0.261 e. The van der Waals surface area contributed by atoms with Crippen LogP contribution >= 0.6 is 0 Å². The van der Waals surface area contributed by atoms with E-state index in [1.54, 1.807) is 30.3 Å². The molecular formula is C26H29N3O5S. The highest BCUT2D eigenvalue weighted by Crippen LogP contribution is 2.21. The predicted octanol–water partition coefficient (Wildman–Crippen LogP) is 3.97. The van der Waals surface area contributed by atoms with Crippen molar-refractivity contribution in [2.75, 3.05) is 42.9 Å². The van der Waals surface area contributed by atoms with Crippen molar-refractivity contribution in [1.29, 1.82) is 0 Å². The first-order valence-electron chi connectivity index (χ1n) is 11.5. The van der Waals surface area contributed by atoms with E-state index in [4.69, 9.17) is 9.47 Å². The molecule has 35 heavy (non-hydrogen) atoms. The van der Waals surface area contributed by atoms with Crippen molar-refractivity contribution in [1.82, 2.24) is 4.90 Å². The Morgan fingerprint density at radius 1 is 0.971 bits per heavy atom. The summed E-state index contributed by atoms with van der Waals surface area (Å²) < 4.78 is 38.8. The first-order chi connectivity index (χ1) is 16.9. The Bertz CT molecular complexity index is 1240. The van der Waals surface area contributed by atoms with Gasteiger partial charge in [-0.15, -0.1) is 0 Å². The maximum absolute atomic E-state index is 12.8. The van der Waals surface area contributed by atoms with E-state index in [0.717, 1.165) is 38.4 Å². The second kappa shape index (κ2) is 11.4. The van der Waals surface area contributed by atoms with E-state index in [0.29, 0.717) is 29.3 Å². The molecule has 3 aromatic rings. The summed E-state index contributed by atoms with van der Waals surface area (Å²) in [7, 11) is -3.81. The summed E-state index contributed by atoms with van der Waals surface area (Å²) in [4.78, 5) is 15.2. The summed E-state index contributed by atoms with van der Waals surface area (Å²) in [6, 6.07) is 20.3. The van der Waals surface area contributed by atoms with Gasteiger partial charge in [0.1, 0.15) is 5.75 Å². The molecule has 1 aliphatic heterocycles. The minimum absolute atomic E-state index is 0.105. The van der Waals surface area contributed by atoms with Gasteiger partial charge in [-0.2, -0.15) is 0 Å². The van der Waals surface area contributed by atoms with Crippen LogP contribution in [0.2, 0.25) is 0 Å². The molecule has 0 atom stereocenters. The quantitative estimate of drug-likeness (QED) is 0.466. The lowest BCUT2D eigenvalue weighted by molar-refractivity contribution is 0.0342. The van der Waals surface area contributed by atoms with Crippen molar-refractivity contribution in [2.45, 2.75) is 18.4 Å². The first-order valence-corrected chi connectivity index (χ1v) is 13.0. The Labute approximate surface area is 205 Å². The van der Waals surface area contributed by atoms with Crippen molar-refractivity contribution in [3.05, 3.63) is 83.9 Å². The van der Waals surface area contributed by atoms with Crippen LogP contribution in [0.4, 0.5) is 11.4 Å². The minimum atomic E-state index is -3.81. The molecule has 4 rings (SSSR count). The zero-order valence-corrected chi connectivity index (χ0v) is 20.4. The SMILES string of the molecule is CCOc1ccc(S(=O)(=O)Nc2cccc(C(=O)Nc3ccc(CN4CCOCC4)cc3)c2)cc1. The van der Waals surface area contributed by atoms with Crippen LogP contribution in [-0.4, -0.2) is 52.1 Å². The molecule has 8 nitrogen and oxygen atoms in total. The molecule has 0 saturated carbocycles. The third kappa shape index (κ3) is 6.82. The number of sulfonamides is 1. The molecule has 1 saturated heterocycles. The van der Waals surface area contributed by atoms with Crippen LogP contribution in [0.5, 0.6) is 5.75 Å². The molecule has 184 valence electrons. The number of anilines is 2. The number of morpholine rings is 1. The largest absolute Gasteiger partial charge is 0.494 e. The summed E-state index contributed by atoms with van der Waals surface area (Å²) in [6.07, 6.45) is 0. The Morgan fingerprint density at radius 3 is 2.37 bits per heavy atom. The van der Waals surface area contributed by atoms with Crippen molar-refractivity contribution in [3.8, 4) is 5.75 Å². The molecule has 1 fully saturated rings. The highest BCUT2D eigenvalue weighted by atomic mass is 32.2. The lowest BCUT2D eigenvalue weighted by Gasteiger charge is -2.26. The van der Waals surface area contributed by atoms with Gasteiger partial charge in [0, 0.05) is 36.6 Å². The fraction of sp³-hybridized carbons (Fsp3) is 0.269. The monoisotopic (exact) mass is 495 g/mol. The van der Waals surface area contributed by atoms with E-state index in [1.165, 1.54) is 18.2 Å². The summed E-state index contributed by atoms with van der Waals surface area (Å²) in [6.45, 7) is 6.53. The molecule has 1 aliphatic rings. The summed E-state index contributed by atoms with van der Waals surface area (Å²) in [5.41, 5.74) is 2.47. The van der Waals surface area contributed by atoms with Gasteiger partial charge in [0.15, 0.2) is 0 Å². The normalized spacial score (nSPS) is 14.3. The minimum Gasteiger partial charge on any atom is -0.494 e. The van der Waals surface area contributed by atoms with Gasteiger partial charge in [-0.05, 0) is 67.1 Å². The van der Waals surface area contributed by atoms with Gasteiger partial charge in [-0.25, -0.2) is 8.42 Å². The molecule has 1 heterocycles. The molecule has 0 aliphatic carbocycles. The Kier molecular flexibility index (Phi) is 8.02. The van der Waals surface area contributed by atoms with E-state index in [2.05, 4.69) is 14.9 Å². The number of nitrogens with zero attached hydrogens (tertiary/aromatic N) is 1. The van der Waals surface area contributed by atoms with Gasteiger partial charge in [0.2, 0.25) is 0 Å². The fourth-order valence-electron chi connectivity index (χ4n) is 3.73. The van der Waals surface area contributed by atoms with Crippen molar-refractivity contribution >= 4 is 27.3 Å². The van der Waals surface area contributed by atoms with E-state index >= 15 is 0 Å². The Hall–Kier alpha value is -3.40. The van der Waals surface area contributed by atoms with Crippen LogP contribution in [0.3, 0.4) is 0 Å². The molecule has 1 amide bonds. The summed E-state index contributed by atoms with van der Waals surface area (Å²) in [5, 5.41) is 2.87. The standard InChI is InChI=1S/C26H29N3O5S/c1-2-34-24-10-12-25(13-11-24)35(31,32)28-23-5-3-4-21(18-23)26(30)27-22-8-6-20(7-9-22)19-29-14-16-33-17-15-29/h3-13,18,28H,2,14-17,19H2,1H3,(H,27,30). The van der Waals surface area contributed by atoms with Gasteiger partial charge in [-0.1, -0.05) is 18.2 Å². The van der Waals surface area contributed by atoms with Gasteiger partial charge in [0.25, 0.3) is 15.9 Å². The van der Waals surface area contributed by atoms with Crippen LogP contribution in [-0.2, 0) is 21.3 Å². The molecule has 2 N–H and O–H groups in total. The van der Waals surface area contributed by atoms with Gasteiger partial charge in [-0.3, -0.25) is 14.4 Å².